The lowest BCUT2D eigenvalue weighted by Crippen LogP contribution is -2.44. The maximum absolute atomic E-state index is 4.32. The fourth-order valence-corrected chi connectivity index (χ4v) is 3.41. The van der Waals surface area contributed by atoms with Crippen LogP contribution in [0, 0.1) is 0 Å². The Labute approximate surface area is 174 Å². The molecule has 7 heteroatoms. The van der Waals surface area contributed by atoms with E-state index in [0.717, 1.165) is 35.6 Å². The van der Waals surface area contributed by atoms with E-state index in [0.29, 0.717) is 12.6 Å². The molecule has 3 rings (SSSR count). The molecule has 2 N–H and O–H groups in total. The summed E-state index contributed by atoms with van der Waals surface area (Å²) in [6.07, 6.45) is 2.89. The molecule has 134 valence electrons. The molecule has 0 amide bonds. The Bertz CT molecular complexity index is 695. The van der Waals surface area contributed by atoms with Crippen LogP contribution in [0.15, 0.2) is 58.1 Å². The van der Waals surface area contributed by atoms with E-state index >= 15 is 0 Å². The lowest BCUT2D eigenvalue weighted by molar-refractivity contribution is 0.647. The maximum Gasteiger partial charge on any atom is 0.191 e. The Balaban J connectivity index is 0.00000225. The van der Waals surface area contributed by atoms with E-state index in [9.17, 15) is 0 Å². The summed E-state index contributed by atoms with van der Waals surface area (Å²) < 4.78 is 1.14. The zero-order chi connectivity index (χ0) is 16.8. The predicted molar refractivity (Wildman–Crippen MR) is 118 cm³/mol. The van der Waals surface area contributed by atoms with E-state index in [1.54, 1.807) is 13.2 Å². The van der Waals surface area contributed by atoms with Crippen LogP contribution in [0.4, 0.5) is 5.69 Å². The van der Waals surface area contributed by atoms with E-state index in [1.807, 2.05) is 24.3 Å². The molecule has 0 radical (unpaired) electrons. The quantitative estimate of drug-likeness (QED) is 0.372. The summed E-state index contributed by atoms with van der Waals surface area (Å²) >= 11 is 3.64. The van der Waals surface area contributed by atoms with E-state index < -0.39 is 0 Å². The van der Waals surface area contributed by atoms with Gasteiger partial charge in [0.15, 0.2) is 5.96 Å². The minimum absolute atomic E-state index is 0. The second-order valence-electron chi connectivity index (χ2n) is 5.77. The third-order valence-electron chi connectivity index (χ3n) is 4.11. The van der Waals surface area contributed by atoms with Crippen LogP contribution < -0.4 is 15.5 Å². The normalized spacial score (nSPS) is 17.1. The van der Waals surface area contributed by atoms with Gasteiger partial charge in [-0.2, -0.15) is 0 Å². The SMILES string of the molecule is CN=C(NCc1ccccn1)NC1CCN(c2ccccc2Br)C1.I. The predicted octanol–water partition coefficient (Wildman–Crippen LogP) is 3.41. The van der Waals surface area contributed by atoms with Gasteiger partial charge in [-0.25, -0.2) is 0 Å². The van der Waals surface area contributed by atoms with Crippen LogP contribution in [-0.4, -0.2) is 37.1 Å². The van der Waals surface area contributed by atoms with Crippen LogP contribution >= 0.6 is 39.9 Å². The molecule has 1 unspecified atom stereocenters. The number of rotatable bonds is 4. The third-order valence-corrected chi connectivity index (χ3v) is 4.78. The number of aliphatic imine (C=N–C) groups is 1. The highest BCUT2D eigenvalue weighted by molar-refractivity contribution is 14.0. The number of anilines is 1. The second-order valence-corrected chi connectivity index (χ2v) is 6.63. The number of aromatic nitrogens is 1. The van der Waals surface area contributed by atoms with Crippen molar-refractivity contribution in [1.29, 1.82) is 0 Å². The summed E-state index contributed by atoms with van der Waals surface area (Å²) in [5.74, 6) is 0.819. The van der Waals surface area contributed by atoms with Gasteiger partial charge in [-0.05, 0) is 46.6 Å². The Hall–Kier alpha value is -1.35. The van der Waals surface area contributed by atoms with E-state index in [4.69, 9.17) is 0 Å². The van der Waals surface area contributed by atoms with Gasteiger partial charge in [-0.1, -0.05) is 18.2 Å². The minimum atomic E-state index is 0. The van der Waals surface area contributed by atoms with Gasteiger partial charge in [0, 0.05) is 36.8 Å². The van der Waals surface area contributed by atoms with E-state index in [1.165, 1.54) is 5.69 Å². The first-order valence-corrected chi connectivity index (χ1v) is 8.92. The van der Waals surface area contributed by atoms with Crippen LogP contribution in [-0.2, 0) is 6.54 Å². The van der Waals surface area contributed by atoms with Crippen molar-refractivity contribution in [3.05, 3.63) is 58.8 Å². The monoisotopic (exact) mass is 515 g/mol. The molecule has 1 aromatic heterocycles. The van der Waals surface area contributed by atoms with E-state index in [2.05, 4.69) is 59.6 Å². The van der Waals surface area contributed by atoms with Crippen molar-refractivity contribution in [2.24, 2.45) is 4.99 Å². The topological polar surface area (TPSA) is 52.6 Å². The molecule has 0 bridgehead atoms. The molecule has 2 aromatic rings. The lowest BCUT2D eigenvalue weighted by atomic mass is 10.2. The van der Waals surface area contributed by atoms with Gasteiger partial charge < -0.3 is 15.5 Å². The molecule has 1 aliphatic rings. The molecule has 5 nitrogen and oxygen atoms in total. The maximum atomic E-state index is 4.32. The van der Waals surface area contributed by atoms with Crippen LogP contribution in [0.25, 0.3) is 0 Å². The van der Waals surface area contributed by atoms with Gasteiger partial charge in [0.1, 0.15) is 0 Å². The van der Waals surface area contributed by atoms with Gasteiger partial charge in [0.05, 0.1) is 17.9 Å². The average Bonchev–Trinajstić information content (AvgIpc) is 3.08. The Morgan fingerprint density at radius 1 is 1.28 bits per heavy atom. The summed E-state index contributed by atoms with van der Waals surface area (Å²) in [5.41, 5.74) is 2.25. The highest BCUT2D eigenvalue weighted by atomic mass is 127. The van der Waals surface area contributed by atoms with Crippen molar-refractivity contribution in [2.75, 3.05) is 25.0 Å². The molecule has 0 spiro atoms. The largest absolute Gasteiger partial charge is 0.368 e. The number of para-hydroxylation sites is 1. The first kappa shape index (κ1) is 20.0. The number of guanidine groups is 1. The summed E-state index contributed by atoms with van der Waals surface area (Å²) in [6, 6.07) is 14.7. The number of hydrogen-bond acceptors (Lipinski definition) is 3. The lowest BCUT2D eigenvalue weighted by Gasteiger charge is -2.21. The highest BCUT2D eigenvalue weighted by Gasteiger charge is 2.24. The molecular weight excluding hydrogens is 493 g/mol. The van der Waals surface area contributed by atoms with Gasteiger partial charge in [0.25, 0.3) is 0 Å². The second kappa shape index (κ2) is 9.96. The van der Waals surface area contributed by atoms with Crippen molar-refractivity contribution in [2.45, 2.75) is 19.0 Å². The van der Waals surface area contributed by atoms with Gasteiger partial charge in [0.2, 0.25) is 0 Å². The van der Waals surface area contributed by atoms with Gasteiger partial charge in [-0.3, -0.25) is 9.98 Å². The standard InChI is InChI=1S/C18H22BrN5.HI/c1-20-18(22-12-14-6-4-5-10-21-14)23-15-9-11-24(13-15)17-8-3-2-7-16(17)19;/h2-8,10,15H,9,11-13H2,1H3,(H2,20,22,23);1H. The zero-order valence-corrected chi connectivity index (χ0v) is 18.1. The molecule has 1 aliphatic heterocycles. The molecule has 0 aliphatic carbocycles. The molecule has 1 aromatic carbocycles. The summed E-state index contributed by atoms with van der Waals surface area (Å²) in [5, 5.41) is 6.84. The third kappa shape index (κ3) is 5.57. The van der Waals surface area contributed by atoms with Crippen molar-refractivity contribution >= 4 is 51.6 Å². The molecule has 1 atom stereocenters. The summed E-state index contributed by atoms with van der Waals surface area (Å²) in [7, 11) is 1.80. The Morgan fingerprint density at radius 2 is 2.08 bits per heavy atom. The zero-order valence-electron chi connectivity index (χ0n) is 14.2. The van der Waals surface area contributed by atoms with Crippen molar-refractivity contribution < 1.29 is 0 Å². The van der Waals surface area contributed by atoms with E-state index in [-0.39, 0.29) is 24.0 Å². The van der Waals surface area contributed by atoms with Gasteiger partial charge in [-0.15, -0.1) is 24.0 Å². The molecule has 25 heavy (non-hydrogen) atoms. The van der Waals surface area contributed by atoms with Gasteiger partial charge >= 0.3 is 0 Å². The first-order chi connectivity index (χ1) is 11.8. The summed E-state index contributed by atoms with van der Waals surface area (Å²) in [4.78, 5) is 11.0. The van der Waals surface area contributed by atoms with Crippen LogP contribution in [0.1, 0.15) is 12.1 Å². The van der Waals surface area contributed by atoms with Crippen molar-refractivity contribution in [3.63, 3.8) is 0 Å². The first-order valence-electron chi connectivity index (χ1n) is 8.13. The fourth-order valence-electron chi connectivity index (χ4n) is 2.87. The number of hydrogen-bond donors (Lipinski definition) is 2. The fraction of sp³-hybridized carbons (Fsp3) is 0.333. The number of halogens is 2. The smallest absolute Gasteiger partial charge is 0.191 e. The van der Waals surface area contributed by atoms with Crippen molar-refractivity contribution in [3.8, 4) is 0 Å². The van der Waals surface area contributed by atoms with Crippen LogP contribution in [0.3, 0.4) is 0 Å². The molecule has 1 fully saturated rings. The average molecular weight is 516 g/mol. The molecular formula is C18H23BrIN5. The molecule has 1 saturated heterocycles. The number of pyridine rings is 1. The number of nitrogens with one attached hydrogen (secondary N) is 2. The molecule has 2 heterocycles. The summed E-state index contributed by atoms with van der Waals surface area (Å²) in [6.45, 7) is 2.67. The van der Waals surface area contributed by atoms with Crippen LogP contribution in [0.2, 0.25) is 0 Å². The number of nitrogens with zero attached hydrogens (tertiary/aromatic N) is 3. The number of benzene rings is 1. The van der Waals surface area contributed by atoms with Crippen molar-refractivity contribution in [1.82, 2.24) is 15.6 Å². The molecule has 0 saturated carbocycles. The Kier molecular flexibility index (Phi) is 7.95. The minimum Gasteiger partial charge on any atom is -0.368 e. The van der Waals surface area contributed by atoms with Crippen LogP contribution in [0.5, 0.6) is 0 Å². The highest BCUT2D eigenvalue weighted by Crippen LogP contribution is 2.28. The Morgan fingerprint density at radius 3 is 2.80 bits per heavy atom.